The topological polar surface area (TPSA) is 58.2 Å². The molecule has 0 aliphatic carbocycles. The Bertz CT molecular complexity index is 772. The van der Waals surface area contributed by atoms with Gasteiger partial charge in [0.15, 0.2) is 0 Å². The zero-order chi connectivity index (χ0) is 21.4. The van der Waals surface area contributed by atoms with E-state index >= 15 is 0 Å². The van der Waals surface area contributed by atoms with Crippen molar-refractivity contribution in [2.75, 3.05) is 0 Å². The van der Waals surface area contributed by atoms with Crippen molar-refractivity contribution >= 4 is 11.6 Å². The Kier molecular flexibility index (Phi) is 12.9. The molecule has 0 aromatic heterocycles. The molecule has 0 atom stereocenters. The molecular weight excluding hydrogens is 348 g/mol. The van der Waals surface area contributed by atoms with Crippen LogP contribution in [0.4, 0.5) is 0 Å². The first kappa shape index (κ1) is 24.6. The minimum atomic E-state index is -0.198. The van der Waals surface area contributed by atoms with Gasteiger partial charge < -0.3 is 10.6 Å². The van der Waals surface area contributed by atoms with Crippen molar-refractivity contribution in [2.45, 2.75) is 27.2 Å². The number of ketones is 2. The Morgan fingerprint density at radius 1 is 0.821 bits per heavy atom. The van der Waals surface area contributed by atoms with Crippen LogP contribution in [0.5, 0.6) is 0 Å². The van der Waals surface area contributed by atoms with Gasteiger partial charge in [-0.05, 0) is 44.6 Å². The molecule has 4 nitrogen and oxygen atoms in total. The highest BCUT2D eigenvalue weighted by molar-refractivity contribution is 6.04. The average molecular weight is 379 g/mol. The summed E-state index contributed by atoms with van der Waals surface area (Å²) >= 11 is 0. The van der Waals surface area contributed by atoms with Crippen LogP contribution in [0.25, 0.3) is 0 Å². The van der Waals surface area contributed by atoms with E-state index in [1.165, 1.54) is 18.2 Å². The van der Waals surface area contributed by atoms with Gasteiger partial charge in [0.2, 0.25) is 11.6 Å². The number of carbonyl (C=O) groups excluding carboxylic acids is 2. The fourth-order valence-corrected chi connectivity index (χ4v) is 2.07. The van der Waals surface area contributed by atoms with Crippen LogP contribution < -0.4 is 10.6 Å². The Hall–Kier alpha value is -3.40. The monoisotopic (exact) mass is 378 g/mol. The summed E-state index contributed by atoms with van der Waals surface area (Å²) in [4.78, 5) is 24.7. The predicted molar refractivity (Wildman–Crippen MR) is 119 cm³/mol. The fourth-order valence-electron chi connectivity index (χ4n) is 2.07. The molecule has 28 heavy (non-hydrogen) atoms. The number of nitrogens with one attached hydrogen (secondary N) is 2. The summed E-state index contributed by atoms with van der Waals surface area (Å²) in [6.07, 6.45) is 18.5. The maximum Gasteiger partial charge on any atom is 0.201 e. The van der Waals surface area contributed by atoms with Gasteiger partial charge in [-0.15, -0.1) is 0 Å². The molecule has 0 bridgehead atoms. The van der Waals surface area contributed by atoms with Crippen molar-refractivity contribution in [1.82, 2.24) is 10.6 Å². The Balaban J connectivity index is 5.97. The first-order valence-electron chi connectivity index (χ1n) is 9.05. The molecule has 0 aromatic rings. The molecular formula is C24H30N2O2. The van der Waals surface area contributed by atoms with E-state index in [4.69, 9.17) is 0 Å². The molecule has 0 aromatic carbocycles. The normalized spacial score (nSPS) is 13.5. The molecule has 0 amide bonds. The van der Waals surface area contributed by atoms with Crippen molar-refractivity contribution in [3.8, 4) is 0 Å². The summed E-state index contributed by atoms with van der Waals surface area (Å²) < 4.78 is 0. The van der Waals surface area contributed by atoms with E-state index in [9.17, 15) is 9.59 Å². The van der Waals surface area contributed by atoms with Crippen LogP contribution in [-0.4, -0.2) is 11.6 Å². The molecule has 0 heterocycles. The second-order valence-electron chi connectivity index (χ2n) is 5.43. The smallest absolute Gasteiger partial charge is 0.201 e. The number of carbonyl (C=O) groups is 2. The van der Waals surface area contributed by atoms with Crippen molar-refractivity contribution < 1.29 is 9.59 Å². The van der Waals surface area contributed by atoms with Gasteiger partial charge in [-0.3, -0.25) is 9.59 Å². The van der Waals surface area contributed by atoms with Crippen molar-refractivity contribution in [1.29, 1.82) is 0 Å². The standard InChI is InChI=1S/C24H30N2O2/c1-7-13-17-23(27)20(12-6)25-19(11-5)21(15-9-3)26-22(16-10-4)24(28)18-14-8-2/h7-9,11-18,25-26H,1-2,5,10H2,3-4,6H3/b15-9-,17-13-,18-14-,20-12+,21-19-,22-16+. The molecule has 0 aliphatic rings. The van der Waals surface area contributed by atoms with Crippen LogP contribution in [0.2, 0.25) is 0 Å². The maximum atomic E-state index is 12.4. The highest BCUT2D eigenvalue weighted by Crippen LogP contribution is 2.10. The molecule has 0 unspecified atom stereocenters. The van der Waals surface area contributed by atoms with Crippen LogP contribution in [0, 0.1) is 0 Å². The van der Waals surface area contributed by atoms with Gasteiger partial charge in [-0.2, -0.15) is 0 Å². The van der Waals surface area contributed by atoms with E-state index in [0.717, 1.165) is 0 Å². The van der Waals surface area contributed by atoms with E-state index < -0.39 is 0 Å². The van der Waals surface area contributed by atoms with Crippen molar-refractivity contribution in [2.24, 2.45) is 0 Å². The number of hydrogen-bond acceptors (Lipinski definition) is 4. The van der Waals surface area contributed by atoms with Gasteiger partial charge in [0.1, 0.15) is 0 Å². The third kappa shape index (κ3) is 8.81. The van der Waals surface area contributed by atoms with Gasteiger partial charge in [-0.1, -0.05) is 69.2 Å². The van der Waals surface area contributed by atoms with Crippen LogP contribution in [0.1, 0.15) is 27.2 Å². The molecule has 0 rings (SSSR count). The van der Waals surface area contributed by atoms with Crippen molar-refractivity contribution in [3.63, 3.8) is 0 Å². The van der Waals surface area contributed by atoms with E-state index in [-0.39, 0.29) is 11.6 Å². The number of hydrogen-bond donors (Lipinski definition) is 2. The summed E-state index contributed by atoms with van der Waals surface area (Å²) in [6, 6.07) is 0. The second kappa shape index (κ2) is 14.7. The maximum absolute atomic E-state index is 12.4. The largest absolute Gasteiger partial charge is 0.351 e. The van der Waals surface area contributed by atoms with Gasteiger partial charge in [0, 0.05) is 0 Å². The lowest BCUT2D eigenvalue weighted by Gasteiger charge is -2.16. The Labute approximate surface area is 168 Å². The highest BCUT2D eigenvalue weighted by atomic mass is 16.1. The zero-order valence-corrected chi connectivity index (χ0v) is 17.0. The number of allylic oxidation sites excluding steroid dienone is 11. The van der Waals surface area contributed by atoms with E-state index in [1.807, 2.05) is 19.9 Å². The SMILES string of the molecule is C=C/C=C\C(=O)/C(=C\C)N/C(C=C)=C(/C=C\C)N/C(=C/CC)C(=O)/C=C\C=C. The average Bonchev–Trinajstić information content (AvgIpc) is 2.70. The predicted octanol–water partition coefficient (Wildman–Crippen LogP) is 4.96. The summed E-state index contributed by atoms with van der Waals surface area (Å²) in [6.45, 7) is 16.5. The molecule has 4 heteroatoms. The van der Waals surface area contributed by atoms with Gasteiger partial charge in [0.05, 0.1) is 22.8 Å². The molecule has 0 saturated heterocycles. The van der Waals surface area contributed by atoms with E-state index in [1.54, 1.807) is 49.5 Å². The fraction of sp³-hybridized carbons (Fsp3) is 0.167. The van der Waals surface area contributed by atoms with Crippen LogP contribution in [0.3, 0.4) is 0 Å². The molecule has 0 saturated carbocycles. The number of rotatable bonds is 13. The van der Waals surface area contributed by atoms with Crippen LogP contribution in [-0.2, 0) is 9.59 Å². The molecule has 0 aliphatic heterocycles. The Morgan fingerprint density at radius 2 is 1.36 bits per heavy atom. The Morgan fingerprint density at radius 3 is 1.79 bits per heavy atom. The molecule has 0 spiro atoms. The highest BCUT2D eigenvalue weighted by Gasteiger charge is 2.12. The zero-order valence-electron chi connectivity index (χ0n) is 17.0. The lowest BCUT2D eigenvalue weighted by molar-refractivity contribution is -0.112. The van der Waals surface area contributed by atoms with Gasteiger partial charge in [0.25, 0.3) is 0 Å². The minimum Gasteiger partial charge on any atom is -0.351 e. The molecule has 148 valence electrons. The molecule has 0 fully saturated rings. The van der Waals surface area contributed by atoms with Gasteiger partial charge in [-0.25, -0.2) is 0 Å². The first-order chi connectivity index (χ1) is 13.5. The van der Waals surface area contributed by atoms with Crippen LogP contribution >= 0.6 is 0 Å². The lowest BCUT2D eigenvalue weighted by atomic mass is 10.1. The van der Waals surface area contributed by atoms with Gasteiger partial charge >= 0.3 is 0 Å². The molecule has 2 N–H and O–H groups in total. The summed E-state index contributed by atoms with van der Waals surface area (Å²) in [7, 11) is 0. The summed E-state index contributed by atoms with van der Waals surface area (Å²) in [5.74, 6) is -0.376. The third-order valence-corrected chi connectivity index (χ3v) is 3.36. The van der Waals surface area contributed by atoms with Crippen LogP contribution in [0.15, 0.2) is 109 Å². The summed E-state index contributed by atoms with van der Waals surface area (Å²) in [5, 5.41) is 6.22. The van der Waals surface area contributed by atoms with E-state index in [2.05, 4.69) is 30.4 Å². The third-order valence-electron chi connectivity index (χ3n) is 3.36. The molecule has 0 radical (unpaired) electrons. The quantitative estimate of drug-likeness (QED) is 0.351. The minimum absolute atomic E-state index is 0.177. The van der Waals surface area contributed by atoms with Crippen molar-refractivity contribution in [3.05, 3.63) is 109 Å². The van der Waals surface area contributed by atoms with E-state index in [0.29, 0.717) is 29.2 Å². The first-order valence-corrected chi connectivity index (χ1v) is 9.05. The lowest BCUT2D eigenvalue weighted by Crippen LogP contribution is -2.25. The summed E-state index contributed by atoms with van der Waals surface area (Å²) in [5.41, 5.74) is 1.98. The second-order valence-corrected chi connectivity index (χ2v) is 5.43.